The minimum Gasteiger partial charge on any atom is -0.508 e. The van der Waals surface area contributed by atoms with E-state index in [0.717, 1.165) is 60.5 Å². The van der Waals surface area contributed by atoms with Crippen molar-refractivity contribution in [2.24, 2.45) is 5.73 Å². The van der Waals surface area contributed by atoms with Crippen LogP contribution >= 0.6 is 0 Å². The fourth-order valence-corrected chi connectivity index (χ4v) is 4.01. The Hall–Kier alpha value is -3.21. The van der Waals surface area contributed by atoms with Crippen LogP contribution in [0.2, 0.25) is 0 Å². The minimum absolute atomic E-state index is 0.174. The number of unbranched alkanes of at least 4 members (excludes halogenated alkanes) is 1. The van der Waals surface area contributed by atoms with Gasteiger partial charge in [-0.25, -0.2) is 0 Å². The van der Waals surface area contributed by atoms with Crippen LogP contribution in [0.1, 0.15) is 47.1 Å². The molecule has 1 heterocycles. The van der Waals surface area contributed by atoms with Crippen molar-refractivity contribution in [1.29, 1.82) is 0 Å². The number of aryl methyl sites for hydroxylation is 1. The summed E-state index contributed by atoms with van der Waals surface area (Å²) in [7, 11) is 1.66. The highest BCUT2D eigenvalue weighted by Crippen LogP contribution is 2.35. The minimum atomic E-state index is -0.438. The molecule has 2 aromatic carbocycles. The molecule has 3 rings (SSSR count). The second-order valence-corrected chi connectivity index (χ2v) is 7.55. The molecule has 0 aliphatic carbocycles. The maximum atomic E-state index is 12.4. The number of amides is 1. The van der Waals surface area contributed by atoms with Gasteiger partial charge >= 0.3 is 0 Å². The topological polar surface area (TPSA) is 77.5 Å². The third kappa shape index (κ3) is 4.51. The Morgan fingerprint density at radius 2 is 1.87 bits per heavy atom. The van der Waals surface area contributed by atoms with E-state index in [1.807, 2.05) is 25.1 Å². The van der Waals surface area contributed by atoms with Gasteiger partial charge in [0.2, 0.25) is 0 Å². The summed E-state index contributed by atoms with van der Waals surface area (Å²) in [6, 6.07) is 15.1. The van der Waals surface area contributed by atoms with E-state index in [2.05, 4.69) is 23.6 Å². The van der Waals surface area contributed by atoms with E-state index in [4.69, 9.17) is 10.5 Å². The molecule has 0 saturated heterocycles. The molecule has 0 radical (unpaired) electrons. The summed E-state index contributed by atoms with van der Waals surface area (Å²) in [6.07, 6.45) is 3.73. The number of aromatic hydroxyl groups is 1. The molecule has 0 aliphatic rings. The molecular weight excluding hydrogens is 376 g/mol. The number of ether oxygens (including phenoxy) is 1. The first-order valence-electron chi connectivity index (χ1n) is 10.4. The van der Waals surface area contributed by atoms with Crippen molar-refractivity contribution in [2.45, 2.75) is 46.1 Å². The van der Waals surface area contributed by atoms with Gasteiger partial charge in [0.05, 0.1) is 12.7 Å². The van der Waals surface area contributed by atoms with Gasteiger partial charge in [-0.15, -0.1) is 0 Å². The van der Waals surface area contributed by atoms with Crippen molar-refractivity contribution < 1.29 is 14.6 Å². The Balaban J connectivity index is 2.06. The molecule has 158 valence electrons. The van der Waals surface area contributed by atoms with Gasteiger partial charge in [-0.2, -0.15) is 0 Å². The number of phenolic OH excluding ortho intramolecular Hbond substituents is 1. The van der Waals surface area contributed by atoms with Gasteiger partial charge in [-0.3, -0.25) is 4.79 Å². The number of hydrogen-bond donors (Lipinski definition) is 2. The van der Waals surface area contributed by atoms with E-state index in [1.165, 1.54) is 5.56 Å². The van der Waals surface area contributed by atoms with Crippen LogP contribution in [0.4, 0.5) is 0 Å². The highest BCUT2D eigenvalue weighted by Gasteiger charge is 2.24. The Labute approximate surface area is 178 Å². The first kappa shape index (κ1) is 21.5. The number of benzene rings is 2. The SMILES string of the molecule is CCCCc1c(-c2cccc(O)c2)c(C(N)=O)c(C)n1CCc1ccc(OC)cc1. The molecule has 3 N–H and O–H groups in total. The quantitative estimate of drug-likeness (QED) is 0.533. The second kappa shape index (κ2) is 9.53. The van der Waals surface area contributed by atoms with Gasteiger partial charge in [-0.1, -0.05) is 37.6 Å². The zero-order chi connectivity index (χ0) is 21.7. The number of phenols is 1. The summed E-state index contributed by atoms with van der Waals surface area (Å²) >= 11 is 0. The maximum Gasteiger partial charge on any atom is 0.251 e. The number of hydrogen-bond acceptors (Lipinski definition) is 3. The Morgan fingerprint density at radius 1 is 1.13 bits per heavy atom. The lowest BCUT2D eigenvalue weighted by Gasteiger charge is -2.14. The molecule has 1 amide bonds. The van der Waals surface area contributed by atoms with Gasteiger partial charge in [0.15, 0.2) is 0 Å². The first-order chi connectivity index (χ1) is 14.5. The highest BCUT2D eigenvalue weighted by molar-refractivity contribution is 6.02. The van der Waals surface area contributed by atoms with Crippen molar-refractivity contribution in [2.75, 3.05) is 7.11 Å². The number of aromatic nitrogens is 1. The number of carbonyl (C=O) groups is 1. The number of primary amides is 1. The van der Waals surface area contributed by atoms with E-state index in [-0.39, 0.29) is 5.75 Å². The molecule has 0 spiro atoms. The fraction of sp³-hybridized carbons (Fsp3) is 0.320. The van der Waals surface area contributed by atoms with E-state index in [1.54, 1.807) is 25.3 Å². The Kier molecular flexibility index (Phi) is 6.83. The van der Waals surface area contributed by atoms with Crippen LogP contribution < -0.4 is 10.5 Å². The molecular formula is C25H30N2O3. The van der Waals surface area contributed by atoms with Crippen molar-refractivity contribution in [3.63, 3.8) is 0 Å². The van der Waals surface area contributed by atoms with E-state index >= 15 is 0 Å². The maximum absolute atomic E-state index is 12.4. The molecule has 1 aromatic heterocycles. The average molecular weight is 407 g/mol. The third-order valence-electron chi connectivity index (χ3n) is 5.56. The van der Waals surface area contributed by atoms with Crippen LogP contribution in [0.15, 0.2) is 48.5 Å². The highest BCUT2D eigenvalue weighted by atomic mass is 16.5. The fourth-order valence-electron chi connectivity index (χ4n) is 4.01. The van der Waals surface area contributed by atoms with Crippen LogP contribution in [-0.4, -0.2) is 22.7 Å². The summed E-state index contributed by atoms with van der Waals surface area (Å²) in [4.78, 5) is 12.4. The monoisotopic (exact) mass is 406 g/mol. The molecule has 0 bridgehead atoms. The standard InChI is InChI=1S/C25H30N2O3/c1-4-5-9-22-24(19-7-6-8-20(28)16-19)23(25(26)29)17(2)27(22)15-14-18-10-12-21(30-3)13-11-18/h6-8,10-13,16,28H,4-5,9,14-15H2,1-3H3,(H2,26,29). The summed E-state index contributed by atoms with van der Waals surface area (Å²) in [5, 5.41) is 10.0. The largest absolute Gasteiger partial charge is 0.508 e. The molecule has 0 saturated carbocycles. The van der Waals surface area contributed by atoms with Gasteiger partial charge in [0.1, 0.15) is 11.5 Å². The number of nitrogens with zero attached hydrogens (tertiary/aromatic N) is 1. The van der Waals surface area contributed by atoms with Crippen LogP contribution in [0.5, 0.6) is 11.5 Å². The average Bonchev–Trinajstić information content (AvgIpc) is 3.02. The number of carbonyl (C=O) groups excluding carboxylic acids is 1. The first-order valence-corrected chi connectivity index (χ1v) is 10.4. The van der Waals surface area contributed by atoms with Crippen LogP contribution in [-0.2, 0) is 19.4 Å². The van der Waals surface area contributed by atoms with Crippen molar-refractivity contribution in [3.8, 4) is 22.6 Å². The number of methoxy groups -OCH3 is 1. The lowest BCUT2D eigenvalue weighted by atomic mass is 9.97. The smallest absolute Gasteiger partial charge is 0.251 e. The van der Waals surface area contributed by atoms with Crippen LogP contribution in [0.25, 0.3) is 11.1 Å². The van der Waals surface area contributed by atoms with Crippen molar-refractivity contribution in [3.05, 3.63) is 71.0 Å². The second-order valence-electron chi connectivity index (χ2n) is 7.55. The molecule has 5 heteroatoms. The zero-order valence-corrected chi connectivity index (χ0v) is 17.9. The summed E-state index contributed by atoms with van der Waals surface area (Å²) in [6.45, 7) is 4.85. The number of nitrogens with two attached hydrogens (primary N) is 1. The van der Waals surface area contributed by atoms with Crippen molar-refractivity contribution >= 4 is 5.91 Å². The normalized spacial score (nSPS) is 10.9. The van der Waals surface area contributed by atoms with Gasteiger partial charge < -0.3 is 20.1 Å². The molecule has 0 fully saturated rings. The predicted molar refractivity (Wildman–Crippen MR) is 120 cm³/mol. The van der Waals surface area contributed by atoms with Gasteiger partial charge in [-0.05, 0) is 61.6 Å². The molecule has 0 aliphatic heterocycles. The van der Waals surface area contributed by atoms with E-state index in [0.29, 0.717) is 5.56 Å². The third-order valence-corrected chi connectivity index (χ3v) is 5.56. The van der Waals surface area contributed by atoms with Gasteiger partial charge in [0, 0.05) is 23.5 Å². The predicted octanol–water partition coefficient (Wildman–Crippen LogP) is 4.86. The summed E-state index contributed by atoms with van der Waals surface area (Å²) in [5.74, 6) is 0.571. The summed E-state index contributed by atoms with van der Waals surface area (Å²) < 4.78 is 7.46. The molecule has 3 aromatic rings. The molecule has 0 unspecified atom stereocenters. The molecule has 0 atom stereocenters. The molecule has 30 heavy (non-hydrogen) atoms. The Bertz CT molecular complexity index is 1020. The van der Waals surface area contributed by atoms with Crippen LogP contribution in [0.3, 0.4) is 0 Å². The lowest BCUT2D eigenvalue weighted by molar-refractivity contribution is 0.1000. The number of rotatable bonds is 9. The van der Waals surface area contributed by atoms with E-state index < -0.39 is 5.91 Å². The van der Waals surface area contributed by atoms with Crippen molar-refractivity contribution in [1.82, 2.24) is 4.57 Å². The summed E-state index contributed by atoms with van der Waals surface area (Å²) in [5.41, 5.74) is 11.2. The zero-order valence-electron chi connectivity index (χ0n) is 17.9. The van der Waals surface area contributed by atoms with Crippen LogP contribution in [0, 0.1) is 6.92 Å². The lowest BCUT2D eigenvalue weighted by Crippen LogP contribution is -2.14. The van der Waals surface area contributed by atoms with Gasteiger partial charge in [0.25, 0.3) is 5.91 Å². The Morgan fingerprint density at radius 3 is 2.47 bits per heavy atom. The molecule has 5 nitrogen and oxygen atoms in total. The van der Waals surface area contributed by atoms with E-state index in [9.17, 15) is 9.90 Å².